The van der Waals surface area contributed by atoms with Gasteiger partial charge in [0.2, 0.25) is 0 Å². The number of aryl methyl sites for hydroxylation is 1. The number of hydrogen-bond acceptors (Lipinski definition) is 1. The molecule has 0 radical (unpaired) electrons. The van der Waals surface area contributed by atoms with Crippen molar-refractivity contribution in [3.63, 3.8) is 0 Å². The lowest BCUT2D eigenvalue weighted by Gasteiger charge is -2.32. The monoisotopic (exact) mass is 237 g/mol. The molecule has 0 aromatic heterocycles. The Morgan fingerprint density at radius 1 is 1.38 bits per heavy atom. The number of nitrogens with zero attached hydrogens (tertiary/aromatic N) is 1. The number of fused-ring (bicyclic) bond motifs is 1. The van der Waals surface area contributed by atoms with E-state index in [4.69, 9.17) is 11.6 Å². The highest BCUT2D eigenvalue weighted by molar-refractivity contribution is 6.31. The zero-order valence-corrected chi connectivity index (χ0v) is 10.6. The normalized spacial score (nSPS) is 15.6. The highest BCUT2D eigenvalue weighted by Crippen LogP contribution is 2.26. The van der Waals surface area contributed by atoms with Crippen molar-refractivity contribution >= 4 is 17.5 Å². The first-order valence-corrected chi connectivity index (χ1v) is 5.98. The molecule has 2 nitrogen and oxygen atoms in total. The lowest BCUT2D eigenvalue weighted by molar-refractivity contribution is 0.0688. The Morgan fingerprint density at radius 2 is 2.06 bits per heavy atom. The van der Waals surface area contributed by atoms with E-state index in [0.717, 1.165) is 29.7 Å². The van der Waals surface area contributed by atoms with Crippen molar-refractivity contribution < 1.29 is 4.79 Å². The molecule has 1 amide bonds. The minimum Gasteiger partial charge on any atom is -0.336 e. The lowest BCUT2D eigenvalue weighted by atomic mass is 9.96. The second-order valence-corrected chi connectivity index (χ2v) is 5.01. The van der Waals surface area contributed by atoms with Crippen LogP contribution in [0.25, 0.3) is 0 Å². The molecule has 0 atom stereocenters. The van der Waals surface area contributed by atoms with Gasteiger partial charge in [-0.2, -0.15) is 0 Å². The van der Waals surface area contributed by atoms with E-state index in [-0.39, 0.29) is 11.9 Å². The molecular weight excluding hydrogens is 222 g/mol. The molecule has 1 aliphatic rings. The SMILES string of the molecule is Cc1cc2c(cc1Cl)C(=O)N(C(C)C)CC2. The van der Waals surface area contributed by atoms with E-state index >= 15 is 0 Å². The summed E-state index contributed by atoms with van der Waals surface area (Å²) in [6.07, 6.45) is 0.928. The van der Waals surface area contributed by atoms with Crippen LogP contribution in [0, 0.1) is 6.92 Å². The molecule has 0 spiro atoms. The van der Waals surface area contributed by atoms with Crippen molar-refractivity contribution in [2.75, 3.05) is 6.54 Å². The summed E-state index contributed by atoms with van der Waals surface area (Å²) in [6, 6.07) is 4.09. The van der Waals surface area contributed by atoms with E-state index in [9.17, 15) is 4.79 Å². The quantitative estimate of drug-likeness (QED) is 0.735. The Balaban J connectivity index is 2.45. The number of amides is 1. The first-order chi connectivity index (χ1) is 7.50. The van der Waals surface area contributed by atoms with E-state index in [1.165, 1.54) is 0 Å². The Bertz CT molecular complexity index is 440. The maximum Gasteiger partial charge on any atom is 0.254 e. The van der Waals surface area contributed by atoms with E-state index in [1.54, 1.807) is 0 Å². The van der Waals surface area contributed by atoms with E-state index in [0.29, 0.717) is 5.02 Å². The van der Waals surface area contributed by atoms with Crippen molar-refractivity contribution in [2.24, 2.45) is 0 Å². The second-order valence-electron chi connectivity index (χ2n) is 4.60. The summed E-state index contributed by atoms with van der Waals surface area (Å²) in [4.78, 5) is 14.1. The molecular formula is C13H16ClNO. The van der Waals surface area contributed by atoms with Crippen LogP contribution in [-0.2, 0) is 6.42 Å². The minimum absolute atomic E-state index is 0.109. The lowest BCUT2D eigenvalue weighted by Crippen LogP contribution is -2.42. The molecule has 0 saturated carbocycles. The Kier molecular flexibility index (Phi) is 2.94. The molecule has 1 aromatic carbocycles. The fourth-order valence-electron chi connectivity index (χ4n) is 2.14. The van der Waals surface area contributed by atoms with Crippen molar-refractivity contribution in [3.05, 3.63) is 33.8 Å². The molecule has 1 heterocycles. The number of carbonyl (C=O) groups excluding carboxylic acids is 1. The number of benzene rings is 1. The third-order valence-corrected chi connectivity index (χ3v) is 3.53. The molecule has 1 aromatic rings. The van der Waals surface area contributed by atoms with Crippen LogP contribution in [0.1, 0.15) is 35.3 Å². The Labute approximate surface area is 101 Å². The Hall–Kier alpha value is -1.02. The summed E-state index contributed by atoms with van der Waals surface area (Å²) in [5.41, 5.74) is 2.95. The van der Waals surface area contributed by atoms with E-state index in [1.807, 2.05) is 37.8 Å². The van der Waals surface area contributed by atoms with Crippen molar-refractivity contribution in [3.8, 4) is 0 Å². The average Bonchev–Trinajstić information content (AvgIpc) is 2.21. The van der Waals surface area contributed by atoms with Crippen LogP contribution in [0.15, 0.2) is 12.1 Å². The van der Waals surface area contributed by atoms with Gasteiger partial charge in [-0.1, -0.05) is 17.7 Å². The summed E-state index contributed by atoms with van der Waals surface area (Å²) in [7, 11) is 0. The van der Waals surface area contributed by atoms with Gasteiger partial charge in [-0.25, -0.2) is 0 Å². The maximum absolute atomic E-state index is 12.2. The van der Waals surface area contributed by atoms with Gasteiger partial charge in [0.25, 0.3) is 5.91 Å². The predicted octanol–water partition coefficient (Wildman–Crippen LogP) is 3.06. The average molecular weight is 238 g/mol. The van der Waals surface area contributed by atoms with Gasteiger partial charge in [0, 0.05) is 23.2 Å². The fraction of sp³-hybridized carbons (Fsp3) is 0.462. The number of carbonyl (C=O) groups is 1. The first-order valence-electron chi connectivity index (χ1n) is 5.60. The smallest absolute Gasteiger partial charge is 0.254 e. The van der Waals surface area contributed by atoms with Gasteiger partial charge in [0.05, 0.1) is 0 Å². The molecule has 2 rings (SSSR count). The van der Waals surface area contributed by atoms with Gasteiger partial charge in [0.1, 0.15) is 0 Å². The fourth-order valence-corrected chi connectivity index (χ4v) is 2.30. The second kappa shape index (κ2) is 4.10. The van der Waals surface area contributed by atoms with Crippen LogP contribution < -0.4 is 0 Å². The van der Waals surface area contributed by atoms with Gasteiger partial charge >= 0.3 is 0 Å². The largest absolute Gasteiger partial charge is 0.336 e. The van der Waals surface area contributed by atoms with Crippen LogP contribution in [-0.4, -0.2) is 23.4 Å². The first kappa shape index (κ1) is 11.5. The minimum atomic E-state index is 0.109. The third kappa shape index (κ3) is 1.82. The summed E-state index contributed by atoms with van der Waals surface area (Å²) in [6.45, 7) is 6.86. The summed E-state index contributed by atoms with van der Waals surface area (Å²) in [5, 5.41) is 0.678. The van der Waals surface area contributed by atoms with Gasteiger partial charge in [-0.15, -0.1) is 0 Å². The van der Waals surface area contributed by atoms with Gasteiger partial charge in [-0.05, 0) is 44.4 Å². The van der Waals surface area contributed by atoms with Crippen LogP contribution >= 0.6 is 11.6 Å². The van der Waals surface area contributed by atoms with Gasteiger partial charge in [-0.3, -0.25) is 4.79 Å². The summed E-state index contributed by atoms with van der Waals surface area (Å²) < 4.78 is 0. The van der Waals surface area contributed by atoms with Crippen LogP contribution in [0.3, 0.4) is 0 Å². The van der Waals surface area contributed by atoms with Gasteiger partial charge < -0.3 is 4.90 Å². The topological polar surface area (TPSA) is 20.3 Å². The zero-order valence-electron chi connectivity index (χ0n) is 9.88. The number of halogens is 1. The standard InChI is InChI=1S/C13H16ClNO/c1-8(2)15-5-4-10-6-9(3)12(14)7-11(10)13(15)16/h6-8H,4-5H2,1-3H3. The highest BCUT2D eigenvalue weighted by atomic mass is 35.5. The van der Waals surface area contributed by atoms with Crippen LogP contribution in [0.2, 0.25) is 5.02 Å². The van der Waals surface area contributed by atoms with Crippen LogP contribution in [0.5, 0.6) is 0 Å². The maximum atomic E-state index is 12.2. The van der Waals surface area contributed by atoms with Crippen molar-refractivity contribution in [1.29, 1.82) is 0 Å². The summed E-state index contributed by atoms with van der Waals surface area (Å²) in [5.74, 6) is 0.109. The Morgan fingerprint density at radius 3 is 2.69 bits per heavy atom. The van der Waals surface area contributed by atoms with Crippen molar-refractivity contribution in [1.82, 2.24) is 4.90 Å². The zero-order chi connectivity index (χ0) is 11.9. The molecule has 0 N–H and O–H groups in total. The van der Waals surface area contributed by atoms with Crippen molar-refractivity contribution in [2.45, 2.75) is 33.2 Å². The molecule has 1 aliphatic heterocycles. The predicted molar refractivity (Wildman–Crippen MR) is 66.1 cm³/mol. The molecule has 3 heteroatoms. The van der Waals surface area contributed by atoms with Crippen LogP contribution in [0.4, 0.5) is 0 Å². The van der Waals surface area contributed by atoms with Gasteiger partial charge in [0.15, 0.2) is 0 Å². The number of rotatable bonds is 1. The molecule has 16 heavy (non-hydrogen) atoms. The summed E-state index contributed by atoms with van der Waals surface area (Å²) >= 11 is 6.07. The van der Waals surface area contributed by atoms with E-state index < -0.39 is 0 Å². The van der Waals surface area contributed by atoms with E-state index in [2.05, 4.69) is 0 Å². The third-order valence-electron chi connectivity index (χ3n) is 3.12. The molecule has 0 saturated heterocycles. The highest BCUT2D eigenvalue weighted by Gasteiger charge is 2.26. The molecule has 0 bridgehead atoms. The molecule has 0 aliphatic carbocycles. The molecule has 0 fully saturated rings. The molecule has 0 unspecified atom stereocenters. The number of hydrogen-bond donors (Lipinski definition) is 0. The molecule has 86 valence electrons.